The fourth-order valence-electron chi connectivity index (χ4n) is 3.63. The molecular formula is C23H19N3O2S. The van der Waals surface area contributed by atoms with Crippen LogP contribution in [0.4, 0.5) is 0 Å². The zero-order chi connectivity index (χ0) is 20.0. The highest BCUT2D eigenvalue weighted by atomic mass is 32.1. The molecule has 1 amide bonds. The van der Waals surface area contributed by atoms with Crippen molar-refractivity contribution in [3.63, 3.8) is 0 Å². The summed E-state index contributed by atoms with van der Waals surface area (Å²) in [5.74, 6) is 0.588. The molecule has 0 aliphatic carbocycles. The largest absolute Gasteiger partial charge is 0.459 e. The monoisotopic (exact) mass is 401 g/mol. The van der Waals surface area contributed by atoms with Gasteiger partial charge >= 0.3 is 0 Å². The van der Waals surface area contributed by atoms with Crippen molar-refractivity contribution in [1.29, 1.82) is 0 Å². The van der Waals surface area contributed by atoms with Crippen molar-refractivity contribution in [1.82, 2.24) is 15.1 Å². The predicted molar refractivity (Wildman–Crippen MR) is 115 cm³/mol. The molecule has 0 fully saturated rings. The first-order chi connectivity index (χ1) is 14.1. The van der Waals surface area contributed by atoms with E-state index in [1.807, 2.05) is 85.4 Å². The van der Waals surface area contributed by atoms with E-state index in [0.717, 1.165) is 32.4 Å². The number of aryl methyl sites for hydroxylation is 2. The van der Waals surface area contributed by atoms with Crippen LogP contribution in [0, 0.1) is 6.92 Å². The number of para-hydroxylation sites is 1. The Bertz CT molecular complexity index is 1260. The van der Waals surface area contributed by atoms with Crippen molar-refractivity contribution < 1.29 is 9.21 Å². The number of hydrogen-bond acceptors (Lipinski definition) is 4. The van der Waals surface area contributed by atoms with E-state index >= 15 is 0 Å². The average molecular weight is 401 g/mol. The topological polar surface area (TPSA) is 60.1 Å². The van der Waals surface area contributed by atoms with Crippen LogP contribution in [0.5, 0.6) is 0 Å². The summed E-state index contributed by atoms with van der Waals surface area (Å²) in [6.07, 6.45) is 0. The molecule has 5 rings (SSSR count). The van der Waals surface area contributed by atoms with Gasteiger partial charge < -0.3 is 9.73 Å². The van der Waals surface area contributed by atoms with Gasteiger partial charge in [-0.1, -0.05) is 48.5 Å². The molecule has 2 aromatic carbocycles. The second kappa shape index (κ2) is 6.90. The minimum atomic E-state index is -0.375. The standard InChI is InChI=1S/C23H19N3O2S/c1-14-17-13-20(29-23(17)26(2)25-14)22(27)24-21(15-8-4-3-5-9-15)19-12-16-10-6-7-11-18(16)28-19/h3-13,21H,1-2H3,(H,24,27). The number of nitrogens with one attached hydrogen (secondary N) is 1. The molecule has 29 heavy (non-hydrogen) atoms. The lowest BCUT2D eigenvalue weighted by atomic mass is 10.0. The van der Waals surface area contributed by atoms with E-state index < -0.39 is 0 Å². The zero-order valence-electron chi connectivity index (χ0n) is 16.0. The fourth-order valence-corrected chi connectivity index (χ4v) is 4.65. The highest BCUT2D eigenvalue weighted by Gasteiger charge is 2.23. The summed E-state index contributed by atoms with van der Waals surface area (Å²) in [5, 5.41) is 9.61. The molecule has 3 heterocycles. The van der Waals surface area contributed by atoms with E-state index in [2.05, 4.69) is 10.4 Å². The maximum absolute atomic E-state index is 13.1. The molecular weight excluding hydrogens is 382 g/mol. The molecule has 0 saturated heterocycles. The van der Waals surface area contributed by atoms with Gasteiger partial charge in [-0.2, -0.15) is 5.10 Å². The Labute approximate surface area is 171 Å². The molecule has 3 aromatic heterocycles. The summed E-state index contributed by atoms with van der Waals surface area (Å²) >= 11 is 1.45. The normalized spacial score (nSPS) is 12.5. The Morgan fingerprint density at radius 3 is 2.62 bits per heavy atom. The molecule has 144 valence electrons. The number of nitrogens with zero attached hydrogens (tertiary/aromatic N) is 2. The Hall–Kier alpha value is -3.38. The first kappa shape index (κ1) is 17.7. The number of benzene rings is 2. The summed E-state index contributed by atoms with van der Waals surface area (Å²) in [5.41, 5.74) is 2.70. The van der Waals surface area contributed by atoms with Crippen molar-refractivity contribution in [3.8, 4) is 0 Å². The molecule has 1 atom stereocenters. The molecule has 0 aliphatic heterocycles. The molecule has 0 radical (unpaired) electrons. The van der Waals surface area contributed by atoms with Crippen LogP contribution in [0.1, 0.15) is 32.7 Å². The number of carbonyl (C=O) groups is 1. The average Bonchev–Trinajstić information content (AvgIpc) is 3.42. The van der Waals surface area contributed by atoms with Crippen molar-refractivity contribution >= 4 is 38.4 Å². The lowest BCUT2D eigenvalue weighted by Gasteiger charge is -2.16. The third-order valence-electron chi connectivity index (χ3n) is 5.06. The van der Waals surface area contributed by atoms with Crippen LogP contribution in [0.25, 0.3) is 21.2 Å². The third kappa shape index (κ3) is 3.11. The minimum Gasteiger partial charge on any atom is -0.459 e. The summed E-state index contributed by atoms with van der Waals surface area (Å²) < 4.78 is 7.90. The van der Waals surface area contributed by atoms with Crippen molar-refractivity contribution in [2.24, 2.45) is 7.05 Å². The second-order valence-corrected chi connectivity index (χ2v) is 8.07. The van der Waals surface area contributed by atoms with E-state index in [0.29, 0.717) is 10.6 Å². The number of furan rings is 1. The van der Waals surface area contributed by atoms with Crippen LogP contribution in [0.3, 0.4) is 0 Å². The van der Waals surface area contributed by atoms with Crippen molar-refractivity contribution in [3.05, 3.63) is 88.6 Å². The number of thiophene rings is 1. The van der Waals surface area contributed by atoms with Crippen LogP contribution >= 0.6 is 11.3 Å². The Kier molecular flexibility index (Phi) is 4.21. The molecule has 0 spiro atoms. The highest BCUT2D eigenvalue weighted by Crippen LogP contribution is 2.31. The van der Waals surface area contributed by atoms with Gasteiger partial charge in [-0.3, -0.25) is 9.48 Å². The number of carbonyl (C=O) groups excluding carboxylic acids is 1. The molecule has 1 N–H and O–H groups in total. The quantitative estimate of drug-likeness (QED) is 0.450. The van der Waals surface area contributed by atoms with Gasteiger partial charge in [0.2, 0.25) is 0 Å². The van der Waals surface area contributed by atoms with Gasteiger partial charge in [-0.25, -0.2) is 0 Å². The van der Waals surface area contributed by atoms with Gasteiger partial charge in [0, 0.05) is 17.8 Å². The fraction of sp³-hybridized carbons (Fsp3) is 0.130. The van der Waals surface area contributed by atoms with Gasteiger partial charge in [0.05, 0.1) is 10.6 Å². The van der Waals surface area contributed by atoms with E-state index in [1.165, 1.54) is 11.3 Å². The highest BCUT2D eigenvalue weighted by molar-refractivity contribution is 7.20. The second-order valence-electron chi connectivity index (χ2n) is 7.04. The smallest absolute Gasteiger partial charge is 0.262 e. The number of aromatic nitrogens is 2. The van der Waals surface area contributed by atoms with Crippen molar-refractivity contribution in [2.75, 3.05) is 0 Å². The Morgan fingerprint density at radius 1 is 1.10 bits per heavy atom. The molecule has 0 bridgehead atoms. The van der Waals surface area contributed by atoms with Gasteiger partial charge in [0.1, 0.15) is 22.2 Å². The first-order valence-corrected chi connectivity index (χ1v) is 10.2. The predicted octanol–water partition coefficient (Wildman–Crippen LogP) is 5.21. The lowest BCUT2D eigenvalue weighted by Crippen LogP contribution is -2.28. The molecule has 1 unspecified atom stereocenters. The third-order valence-corrected chi connectivity index (χ3v) is 6.26. The molecule has 0 saturated carbocycles. The van der Waals surface area contributed by atoms with Crippen LogP contribution in [0.15, 0.2) is 71.1 Å². The Morgan fingerprint density at radius 2 is 1.86 bits per heavy atom. The van der Waals surface area contributed by atoms with E-state index in [9.17, 15) is 4.79 Å². The number of amides is 1. The van der Waals surface area contributed by atoms with Crippen LogP contribution in [-0.4, -0.2) is 15.7 Å². The lowest BCUT2D eigenvalue weighted by molar-refractivity contribution is 0.0943. The molecule has 0 aliphatic rings. The van der Waals surface area contributed by atoms with Gasteiger partial charge in [-0.15, -0.1) is 11.3 Å². The summed E-state index contributed by atoms with van der Waals surface area (Å²) in [6, 6.07) is 21.3. The summed E-state index contributed by atoms with van der Waals surface area (Å²) in [6.45, 7) is 1.96. The van der Waals surface area contributed by atoms with Crippen LogP contribution < -0.4 is 5.32 Å². The van der Waals surface area contributed by atoms with Gasteiger partial charge in [0.15, 0.2) is 0 Å². The van der Waals surface area contributed by atoms with E-state index in [1.54, 1.807) is 0 Å². The van der Waals surface area contributed by atoms with E-state index in [-0.39, 0.29) is 11.9 Å². The maximum Gasteiger partial charge on any atom is 0.262 e. The SMILES string of the molecule is Cc1nn(C)c2sc(C(=O)NC(c3ccccc3)c3cc4ccccc4o3)cc12. The van der Waals surface area contributed by atoms with Crippen molar-refractivity contribution in [2.45, 2.75) is 13.0 Å². The molecule has 5 aromatic rings. The Balaban J connectivity index is 1.53. The van der Waals surface area contributed by atoms with Crippen LogP contribution in [0.2, 0.25) is 0 Å². The first-order valence-electron chi connectivity index (χ1n) is 9.37. The van der Waals surface area contributed by atoms with Crippen LogP contribution in [-0.2, 0) is 7.05 Å². The van der Waals surface area contributed by atoms with Gasteiger partial charge in [-0.05, 0) is 30.7 Å². The number of fused-ring (bicyclic) bond motifs is 2. The minimum absolute atomic E-state index is 0.125. The molecule has 5 nitrogen and oxygen atoms in total. The zero-order valence-corrected chi connectivity index (χ0v) is 16.9. The summed E-state index contributed by atoms with van der Waals surface area (Å²) in [4.78, 5) is 14.8. The number of hydrogen-bond donors (Lipinski definition) is 1. The summed E-state index contributed by atoms with van der Waals surface area (Å²) in [7, 11) is 1.90. The number of rotatable bonds is 4. The maximum atomic E-state index is 13.1. The van der Waals surface area contributed by atoms with E-state index in [4.69, 9.17) is 4.42 Å². The van der Waals surface area contributed by atoms with Gasteiger partial charge in [0.25, 0.3) is 5.91 Å². The molecule has 6 heteroatoms.